The van der Waals surface area contributed by atoms with Crippen LogP contribution in [0.25, 0.3) is 10.8 Å². The number of nitrogens with one attached hydrogen (secondary N) is 1. The summed E-state index contributed by atoms with van der Waals surface area (Å²) in [6.07, 6.45) is 1.29. The molecule has 1 fully saturated rings. The van der Waals surface area contributed by atoms with E-state index in [2.05, 4.69) is 5.32 Å². The highest BCUT2D eigenvalue weighted by molar-refractivity contribution is 8.00. The number of carbonyl (C=O) groups excluding carboxylic acids is 2. The molecule has 2 amide bonds. The molecule has 170 valence electrons. The maximum absolute atomic E-state index is 12.8. The summed E-state index contributed by atoms with van der Waals surface area (Å²) in [5.41, 5.74) is 0.688. The lowest BCUT2D eigenvalue weighted by Gasteiger charge is -2.31. The number of nitrogens with zero attached hydrogens (tertiary/aromatic N) is 1. The normalized spacial score (nSPS) is 15.6. The topological polar surface area (TPSA) is 67.9 Å². The monoisotopic (exact) mass is 482 g/mol. The Morgan fingerprint density at radius 1 is 1.03 bits per heavy atom. The first-order valence-corrected chi connectivity index (χ1v) is 12.2. The molecule has 0 bridgehead atoms. The van der Waals surface area contributed by atoms with Crippen LogP contribution in [0, 0.1) is 5.92 Å². The number of fused-ring (bicyclic) bond motifs is 2. The summed E-state index contributed by atoms with van der Waals surface area (Å²) in [6.45, 7) is 1.36. The summed E-state index contributed by atoms with van der Waals surface area (Å²) in [7, 11) is 0. The zero-order valence-electron chi connectivity index (χ0n) is 17.9. The van der Waals surface area contributed by atoms with Gasteiger partial charge in [0.2, 0.25) is 18.6 Å². The number of anilines is 1. The molecule has 1 N–H and O–H groups in total. The molecule has 3 aromatic rings. The Balaban J connectivity index is 1.14. The van der Waals surface area contributed by atoms with E-state index in [4.69, 9.17) is 21.1 Å². The quantitative estimate of drug-likeness (QED) is 0.507. The molecule has 2 aliphatic rings. The minimum atomic E-state index is -0.121. The number of benzene rings is 3. The number of rotatable bonds is 5. The lowest BCUT2D eigenvalue weighted by Crippen LogP contribution is -2.42. The predicted octanol–water partition coefficient (Wildman–Crippen LogP) is 5.19. The molecular formula is C25H23ClN2O4S. The number of piperidine rings is 1. The highest BCUT2D eigenvalue weighted by Crippen LogP contribution is 2.35. The third kappa shape index (κ3) is 4.75. The number of hydrogen-bond acceptors (Lipinski definition) is 5. The van der Waals surface area contributed by atoms with E-state index in [1.54, 1.807) is 18.2 Å². The lowest BCUT2D eigenvalue weighted by molar-refractivity contribution is -0.132. The van der Waals surface area contributed by atoms with Gasteiger partial charge in [-0.1, -0.05) is 35.9 Å². The van der Waals surface area contributed by atoms with Gasteiger partial charge < -0.3 is 19.7 Å². The molecule has 3 aromatic carbocycles. The number of halogens is 1. The van der Waals surface area contributed by atoms with E-state index in [9.17, 15) is 9.59 Å². The van der Waals surface area contributed by atoms with Crippen molar-refractivity contribution in [3.05, 3.63) is 59.6 Å². The number of hydrogen-bond donors (Lipinski definition) is 1. The highest BCUT2D eigenvalue weighted by Gasteiger charge is 2.28. The van der Waals surface area contributed by atoms with E-state index in [0.717, 1.165) is 15.7 Å². The standard InChI is InChI=1S/C25H23ClN2O4S/c26-19-5-1-3-16-4-2-6-22(24(16)19)33-14-23(29)28-11-9-17(10-12-28)25(30)27-18-7-8-20-21(13-18)32-15-31-20/h1-8,13,17H,9-12,14-15H2,(H,27,30). The van der Waals surface area contributed by atoms with Gasteiger partial charge in [0.15, 0.2) is 11.5 Å². The molecule has 0 spiro atoms. The molecular weight excluding hydrogens is 460 g/mol. The SMILES string of the molecule is O=C(Nc1ccc2c(c1)OCO2)C1CCN(C(=O)CSc2cccc3cccc(Cl)c23)CC1. The van der Waals surface area contributed by atoms with Crippen molar-refractivity contribution in [2.75, 3.05) is 31.0 Å². The van der Waals surface area contributed by atoms with Crippen molar-refractivity contribution in [2.45, 2.75) is 17.7 Å². The van der Waals surface area contributed by atoms with Crippen molar-refractivity contribution in [3.8, 4) is 11.5 Å². The molecule has 0 atom stereocenters. The first kappa shape index (κ1) is 21.9. The van der Waals surface area contributed by atoms with E-state index in [0.29, 0.717) is 53.9 Å². The predicted molar refractivity (Wildman–Crippen MR) is 130 cm³/mol. The molecule has 0 radical (unpaired) electrons. The Morgan fingerprint density at radius 2 is 1.79 bits per heavy atom. The largest absolute Gasteiger partial charge is 0.454 e. The third-order valence-corrected chi connectivity index (χ3v) is 7.38. The van der Waals surface area contributed by atoms with E-state index in [-0.39, 0.29) is 24.5 Å². The maximum atomic E-state index is 12.8. The van der Waals surface area contributed by atoms with Gasteiger partial charge in [-0.25, -0.2) is 0 Å². The van der Waals surface area contributed by atoms with Crippen molar-refractivity contribution in [3.63, 3.8) is 0 Å². The zero-order chi connectivity index (χ0) is 22.8. The van der Waals surface area contributed by atoms with Crippen LogP contribution in [0.3, 0.4) is 0 Å². The van der Waals surface area contributed by atoms with E-state index < -0.39 is 0 Å². The number of carbonyl (C=O) groups is 2. The van der Waals surface area contributed by atoms with E-state index in [1.807, 2.05) is 41.3 Å². The summed E-state index contributed by atoms with van der Waals surface area (Å²) in [6, 6.07) is 17.2. The molecule has 0 saturated carbocycles. The summed E-state index contributed by atoms with van der Waals surface area (Å²) in [5, 5.41) is 5.70. The van der Waals surface area contributed by atoms with Gasteiger partial charge in [0, 0.05) is 46.1 Å². The number of amides is 2. The molecule has 2 heterocycles. The first-order valence-electron chi connectivity index (χ1n) is 10.9. The van der Waals surface area contributed by atoms with Crippen LogP contribution in [0.5, 0.6) is 11.5 Å². The number of ether oxygens (including phenoxy) is 2. The van der Waals surface area contributed by atoms with Crippen LogP contribution >= 0.6 is 23.4 Å². The lowest BCUT2D eigenvalue weighted by atomic mass is 9.96. The second-order valence-corrected chi connectivity index (χ2v) is 9.52. The van der Waals surface area contributed by atoms with Gasteiger partial charge in [0.05, 0.1) is 5.75 Å². The van der Waals surface area contributed by atoms with Gasteiger partial charge in [-0.15, -0.1) is 11.8 Å². The van der Waals surface area contributed by atoms with Crippen molar-refractivity contribution in [2.24, 2.45) is 5.92 Å². The molecule has 1 saturated heterocycles. The van der Waals surface area contributed by atoms with Crippen molar-refractivity contribution in [1.82, 2.24) is 4.90 Å². The molecule has 0 aromatic heterocycles. The van der Waals surface area contributed by atoms with Crippen LogP contribution < -0.4 is 14.8 Å². The molecule has 0 aliphatic carbocycles. The molecule has 2 aliphatic heterocycles. The smallest absolute Gasteiger partial charge is 0.232 e. The summed E-state index contributed by atoms with van der Waals surface area (Å²) in [5.74, 6) is 1.60. The van der Waals surface area contributed by atoms with Crippen molar-refractivity contribution >= 4 is 51.6 Å². The highest BCUT2D eigenvalue weighted by atomic mass is 35.5. The van der Waals surface area contributed by atoms with Crippen LogP contribution in [0.4, 0.5) is 5.69 Å². The fraction of sp³-hybridized carbons (Fsp3) is 0.280. The average Bonchev–Trinajstić information content (AvgIpc) is 3.30. The van der Waals surface area contributed by atoms with Crippen LogP contribution in [0.1, 0.15) is 12.8 Å². The van der Waals surface area contributed by atoms with Crippen LogP contribution in [-0.2, 0) is 9.59 Å². The first-order chi connectivity index (χ1) is 16.1. The average molecular weight is 483 g/mol. The van der Waals surface area contributed by atoms with Crippen molar-refractivity contribution < 1.29 is 19.1 Å². The summed E-state index contributed by atoms with van der Waals surface area (Å²) in [4.78, 5) is 28.4. The molecule has 6 nitrogen and oxygen atoms in total. The molecule has 8 heteroatoms. The van der Waals surface area contributed by atoms with Gasteiger partial charge in [-0.05, 0) is 42.5 Å². The number of thioether (sulfide) groups is 1. The minimum Gasteiger partial charge on any atom is -0.454 e. The van der Waals surface area contributed by atoms with E-state index in [1.165, 1.54) is 11.8 Å². The Morgan fingerprint density at radius 3 is 2.61 bits per heavy atom. The molecule has 0 unspecified atom stereocenters. The van der Waals surface area contributed by atoms with Crippen LogP contribution in [0.15, 0.2) is 59.5 Å². The molecule has 33 heavy (non-hydrogen) atoms. The van der Waals surface area contributed by atoms with Crippen LogP contribution in [0.2, 0.25) is 5.02 Å². The van der Waals surface area contributed by atoms with Gasteiger partial charge >= 0.3 is 0 Å². The second kappa shape index (κ2) is 9.53. The van der Waals surface area contributed by atoms with E-state index >= 15 is 0 Å². The fourth-order valence-corrected chi connectivity index (χ4v) is 5.57. The van der Waals surface area contributed by atoms with Gasteiger partial charge in [0.1, 0.15) is 0 Å². The minimum absolute atomic E-state index is 0.0271. The summed E-state index contributed by atoms with van der Waals surface area (Å²) < 4.78 is 10.7. The Hall–Kier alpha value is -2.90. The Labute approximate surface area is 201 Å². The Kier molecular flexibility index (Phi) is 6.33. The van der Waals surface area contributed by atoms with Crippen molar-refractivity contribution in [1.29, 1.82) is 0 Å². The zero-order valence-corrected chi connectivity index (χ0v) is 19.5. The maximum Gasteiger partial charge on any atom is 0.232 e. The van der Waals surface area contributed by atoms with Gasteiger partial charge in [-0.2, -0.15) is 0 Å². The Bertz CT molecular complexity index is 1200. The molecule has 5 rings (SSSR count). The van der Waals surface area contributed by atoms with Gasteiger partial charge in [-0.3, -0.25) is 9.59 Å². The number of likely N-dealkylation sites (tertiary alicyclic amines) is 1. The van der Waals surface area contributed by atoms with Gasteiger partial charge in [0.25, 0.3) is 0 Å². The summed E-state index contributed by atoms with van der Waals surface area (Å²) >= 11 is 7.91. The fourth-order valence-electron chi connectivity index (χ4n) is 4.22. The second-order valence-electron chi connectivity index (χ2n) is 8.10. The third-order valence-electron chi connectivity index (χ3n) is 6.03. The van der Waals surface area contributed by atoms with Crippen LogP contribution in [-0.4, -0.2) is 42.3 Å².